The first-order valence-corrected chi connectivity index (χ1v) is 7.24. The first-order valence-electron chi connectivity index (χ1n) is 7.24. The number of benzene rings is 1. The number of carbonyl (C=O) groups is 1. The number of hydrogen-bond donors (Lipinski definition) is 2. The van der Waals surface area contributed by atoms with Gasteiger partial charge in [0, 0.05) is 38.9 Å². The Morgan fingerprint density at radius 3 is 2.29 bits per heavy atom. The van der Waals surface area contributed by atoms with Crippen molar-refractivity contribution in [1.29, 1.82) is 0 Å². The maximum Gasteiger partial charge on any atom is 0.304 e. The molecule has 0 fully saturated rings. The number of likely N-dealkylation sites (N-methyl/N-ethyl adjacent to an activating group) is 1. The van der Waals surface area contributed by atoms with Gasteiger partial charge in [0.05, 0.1) is 6.42 Å². The molecule has 2 N–H and O–H groups in total. The highest BCUT2D eigenvalue weighted by Crippen LogP contribution is 2.14. The lowest BCUT2D eigenvalue weighted by atomic mass is 10.0. The van der Waals surface area contributed by atoms with Crippen molar-refractivity contribution in [3.05, 3.63) is 29.8 Å². The van der Waals surface area contributed by atoms with E-state index in [4.69, 9.17) is 5.11 Å². The molecule has 21 heavy (non-hydrogen) atoms. The maximum absolute atomic E-state index is 11.0. The second kappa shape index (κ2) is 8.64. The second-order valence-corrected chi connectivity index (χ2v) is 5.82. The molecule has 0 amide bonds. The highest BCUT2D eigenvalue weighted by molar-refractivity contribution is 5.67. The van der Waals surface area contributed by atoms with Crippen LogP contribution in [0.4, 0.5) is 5.69 Å². The molecule has 0 saturated carbocycles. The van der Waals surface area contributed by atoms with Gasteiger partial charge in [0.2, 0.25) is 0 Å². The summed E-state index contributed by atoms with van der Waals surface area (Å²) in [6.07, 6.45) is 0.871. The van der Waals surface area contributed by atoms with E-state index < -0.39 is 5.97 Å². The zero-order valence-corrected chi connectivity index (χ0v) is 13.5. The molecule has 1 atom stereocenters. The lowest BCUT2D eigenvalue weighted by Crippen LogP contribution is -2.37. The number of anilines is 1. The van der Waals surface area contributed by atoms with Crippen LogP contribution in [0.2, 0.25) is 0 Å². The van der Waals surface area contributed by atoms with Gasteiger partial charge in [0.1, 0.15) is 0 Å². The van der Waals surface area contributed by atoms with E-state index >= 15 is 0 Å². The Balaban J connectivity index is 2.60. The number of nitrogens with zero attached hydrogens (tertiary/aromatic N) is 2. The molecule has 0 aliphatic carbocycles. The summed E-state index contributed by atoms with van der Waals surface area (Å²) in [4.78, 5) is 15.1. The minimum atomic E-state index is -0.762. The molecule has 0 aliphatic heterocycles. The molecule has 0 aliphatic rings. The Morgan fingerprint density at radius 1 is 1.19 bits per heavy atom. The van der Waals surface area contributed by atoms with Gasteiger partial charge < -0.3 is 20.2 Å². The summed E-state index contributed by atoms with van der Waals surface area (Å²) in [6, 6.07) is 8.22. The average Bonchev–Trinajstić information content (AvgIpc) is 2.38. The third-order valence-electron chi connectivity index (χ3n) is 3.35. The van der Waals surface area contributed by atoms with Crippen molar-refractivity contribution >= 4 is 11.7 Å². The first-order chi connectivity index (χ1) is 9.88. The Bertz CT molecular complexity index is 430. The largest absolute Gasteiger partial charge is 0.481 e. The Kier molecular flexibility index (Phi) is 7.19. The summed E-state index contributed by atoms with van der Waals surface area (Å²) >= 11 is 0. The van der Waals surface area contributed by atoms with E-state index in [-0.39, 0.29) is 12.5 Å². The predicted molar refractivity (Wildman–Crippen MR) is 87.1 cm³/mol. The number of aliphatic carboxylic acids is 1. The Hall–Kier alpha value is -1.59. The number of carboxylic acid groups (broad SMARTS) is 1. The molecular formula is C16H27N3O2. The third-order valence-corrected chi connectivity index (χ3v) is 3.35. The topological polar surface area (TPSA) is 55.8 Å². The fourth-order valence-corrected chi connectivity index (χ4v) is 2.13. The lowest BCUT2D eigenvalue weighted by molar-refractivity contribution is -0.137. The van der Waals surface area contributed by atoms with E-state index in [9.17, 15) is 4.79 Å². The van der Waals surface area contributed by atoms with Gasteiger partial charge in [0.25, 0.3) is 0 Å². The summed E-state index contributed by atoms with van der Waals surface area (Å²) < 4.78 is 0. The van der Waals surface area contributed by atoms with Gasteiger partial charge >= 0.3 is 5.97 Å². The molecule has 0 bridgehead atoms. The van der Waals surface area contributed by atoms with Gasteiger partial charge in [-0.2, -0.15) is 0 Å². The summed E-state index contributed by atoms with van der Waals surface area (Å²) in [5.41, 5.74) is 2.30. The van der Waals surface area contributed by atoms with Gasteiger partial charge in [-0.3, -0.25) is 4.79 Å². The van der Waals surface area contributed by atoms with E-state index in [2.05, 4.69) is 34.5 Å². The third kappa shape index (κ3) is 7.11. The van der Waals surface area contributed by atoms with Crippen molar-refractivity contribution in [2.24, 2.45) is 0 Å². The molecule has 1 rings (SSSR count). The molecule has 5 nitrogen and oxygen atoms in total. The van der Waals surface area contributed by atoms with Crippen LogP contribution < -0.4 is 10.2 Å². The zero-order chi connectivity index (χ0) is 15.8. The van der Waals surface area contributed by atoms with Crippen LogP contribution in [0.15, 0.2) is 24.3 Å². The molecule has 5 heteroatoms. The van der Waals surface area contributed by atoms with Gasteiger partial charge in [0.15, 0.2) is 0 Å². The van der Waals surface area contributed by atoms with E-state index in [0.29, 0.717) is 0 Å². The fraction of sp³-hybridized carbons (Fsp3) is 0.562. The molecule has 1 unspecified atom stereocenters. The van der Waals surface area contributed by atoms with Gasteiger partial charge in [-0.15, -0.1) is 0 Å². The predicted octanol–water partition coefficient (Wildman–Crippen LogP) is 1.29. The fourth-order valence-electron chi connectivity index (χ4n) is 2.13. The molecular weight excluding hydrogens is 266 g/mol. The molecule has 1 aromatic carbocycles. The van der Waals surface area contributed by atoms with Crippen LogP contribution in [-0.4, -0.2) is 63.3 Å². The number of hydrogen-bond acceptors (Lipinski definition) is 4. The molecule has 0 aromatic heterocycles. The Morgan fingerprint density at radius 2 is 1.81 bits per heavy atom. The average molecular weight is 293 g/mol. The monoisotopic (exact) mass is 293 g/mol. The summed E-state index contributed by atoms with van der Waals surface area (Å²) in [7, 11) is 8.03. The smallest absolute Gasteiger partial charge is 0.304 e. The van der Waals surface area contributed by atoms with Gasteiger partial charge in [-0.05, 0) is 38.2 Å². The molecule has 0 spiro atoms. The van der Waals surface area contributed by atoms with Crippen molar-refractivity contribution in [1.82, 2.24) is 10.2 Å². The number of rotatable bonds is 9. The number of carboxylic acids is 1. The lowest BCUT2D eigenvalue weighted by Gasteiger charge is -2.19. The van der Waals surface area contributed by atoms with Crippen LogP contribution in [0.1, 0.15) is 12.0 Å². The van der Waals surface area contributed by atoms with Crippen molar-refractivity contribution in [2.45, 2.75) is 18.9 Å². The summed E-state index contributed by atoms with van der Waals surface area (Å²) in [5, 5.41) is 12.4. The highest BCUT2D eigenvalue weighted by atomic mass is 16.4. The van der Waals surface area contributed by atoms with E-state index in [1.807, 2.05) is 33.1 Å². The maximum atomic E-state index is 11.0. The van der Waals surface area contributed by atoms with Crippen LogP contribution in [0.5, 0.6) is 0 Å². The van der Waals surface area contributed by atoms with Crippen LogP contribution in [0.3, 0.4) is 0 Å². The van der Waals surface area contributed by atoms with Crippen LogP contribution in [-0.2, 0) is 11.2 Å². The first kappa shape index (κ1) is 17.5. The van der Waals surface area contributed by atoms with E-state index in [1.165, 1.54) is 0 Å². The number of nitrogens with one attached hydrogen (secondary N) is 1. The standard InChI is InChI=1S/C16H27N3O2/c1-18(2)10-9-17-14(12-16(20)21)11-13-5-7-15(8-6-13)19(3)4/h5-8,14,17H,9-12H2,1-4H3,(H,20,21). The van der Waals surface area contributed by atoms with Crippen LogP contribution in [0.25, 0.3) is 0 Å². The van der Waals surface area contributed by atoms with E-state index in [1.54, 1.807) is 0 Å². The minimum Gasteiger partial charge on any atom is -0.481 e. The summed E-state index contributed by atoms with van der Waals surface area (Å²) in [6.45, 7) is 1.69. The SMILES string of the molecule is CN(C)CCNC(CC(=O)O)Cc1ccc(N(C)C)cc1. The highest BCUT2D eigenvalue weighted by Gasteiger charge is 2.13. The molecule has 0 radical (unpaired) electrons. The molecule has 1 aromatic rings. The Labute approximate surface area is 127 Å². The zero-order valence-electron chi connectivity index (χ0n) is 13.5. The molecule has 118 valence electrons. The van der Waals surface area contributed by atoms with Gasteiger partial charge in [-0.1, -0.05) is 12.1 Å². The van der Waals surface area contributed by atoms with Crippen molar-refractivity contribution < 1.29 is 9.90 Å². The van der Waals surface area contributed by atoms with Crippen molar-refractivity contribution in [2.75, 3.05) is 46.2 Å². The molecule has 0 saturated heterocycles. The normalized spacial score (nSPS) is 12.4. The van der Waals surface area contributed by atoms with Gasteiger partial charge in [-0.25, -0.2) is 0 Å². The van der Waals surface area contributed by atoms with Crippen LogP contribution >= 0.6 is 0 Å². The molecule has 0 heterocycles. The minimum absolute atomic E-state index is 0.0346. The second-order valence-electron chi connectivity index (χ2n) is 5.82. The van der Waals surface area contributed by atoms with Crippen molar-refractivity contribution in [3.63, 3.8) is 0 Å². The summed E-state index contributed by atoms with van der Waals surface area (Å²) in [5.74, 6) is -0.762. The van der Waals surface area contributed by atoms with E-state index in [0.717, 1.165) is 30.8 Å². The van der Waals surface area contributed by atoms with Crippen LogP contribution in [0, 0.1) is 0 Å². The quantitative estimate of drug-likeness (QED) is 0.718. The van der Waals surface area contributed by atoms with Crippen molar-refractivity contribution in [3.8, 4) is 0 Å².